The number of carbonyl (C=O) groups excluding carboxylic acids is 2. The van der Waals surface area contributed by atoms with E-state index in [1.54, 1.807) is 0 Å². The van der Waals surface area contributed by atoms with Crippen LogP contribution in [0.25, 0.3) is 0 Å². The first-order chi connectivity index (χ1) is 9.61. The van der Waals surface area contributed by atoms with Crippen LogP contribution in [-0.4, -0.2) is 35.3 Å². The first-order valence-electron chi connectivity index (χ1n) is 8.21. The Morgan fingerprint density at radius 3 is 2.45 bits per heavy atom. The Hall–Kier alpha value is -1.06. The van der Waals surface area contributed by atoms with Gasteiger partial charge in [0.15, 0.2) is 0 Å². The van der Waals surface area contributed by atoms with E-state index in [0.717, 1.165) is 18.9 Å². The third-order valence-electron chi connectivity index (χ3n) is 5.17. The van der Waals surface area contributed by atoms with E-state index in [1.165, 1.54) is 25.7 Å². The van der Waals surface area contributed by atoms with Crippen LogP contribution in [-0.2, 0) is 9.59 Å². The molecule has 2 aliphatic rings. The smallest absolute Gasteiger partial charge is 0.248 e. The fraction of sp³-hybridized carbons (Fsp3) is 0.875. The number of hydrogen-bond acceptors (Lipinski definition) is 2. The molecule has 1 saturated heterocycles. The molecule has 20 heavy (non-hydrogen) atoms. The fourth-order valence-electron chi connectivity index (χ4n) is 3.60. The Bertz CT molecular complexity index is 357. The van der Waals surface area contributed by atoms with Gasteiger partial charge in [-0.1, -0.05) is 39.5 Å². The molecule has 2 rings (SSSR count). The van der Waals surface area contributed by atoms with Gasteiger partial charge in [-0.2, -0.15) is 0 Å². The molecule has 1 aliphatic carbocycles. The van der Waals surface area contributed by atoms with Crippen LogP contribution in [0.5, 0.6) is 0 Å². The van der Waals surface area contributed by atoms with Gasteiger partial charge in [0.05, 0.1) is 0 Å². The number of carbonyl (C=O) groups is 2. The quantitative estimate of drug-likeness (QED) is 0.841. The SMILES string of the molecule is CCC1(CC)NC(=O)CCN(CCC2CCCC2)C1=O. The minimum Gasteiger partial charge on any atom is -0.342 e. The van der Waals surface area contributed by atoms with Crippen molar-refractivity contribution in [2.45, 2.75) is 70.8 Å². The van der Waals surface area contributed by atoms with Gasteiger partial charge in [0.2, 0.25) is 11.8 Å². The van der Waals surface area contributed by atoms with Crippen LogP contribution in [0.1, 0.15) is 65.2 Å². The molecule has 2 fully saturated rings. The van der Waals surface area contributed by atoms with Crippen molar-refractivity contribution >= 4 is 11.8 Å². The lowest BCUT2D eigenvalue weighted by Gasteiger charge is -2.34. The molecular weight excluding hydrogens is 252 g/mol. The first kappa shape index (κ1) is 15.3. The van der Waals surface area contributed by atoms with Crippen molar-refractivity contribution in [1.82, 2.24) is 10.2 Å². The van der Waals surface area contributed by atoms with E-state index in [9.17, 15) is 9.59 Å². The van der Waals surface area contributed by atoms with E-state index in [2.05, 4.69) is 5.32 Å². The fourth-order valence-corrected chi connectivity index (χ4v) is 3.60. The average Bonchev–Trinajstić information content (AvgIpc) is 2.93. The summed E-state index contributed by atoms with van der Waals surface area (Å²) in [4.78, 5) is 26.6. The van der Waals surface area contributed by atoms with Crippen molar-refractivity contribution in [2.75, 3.05) is 13.1 Å². The first-order valence-corrected chi connectivity index (χ1v) is 8.21. The summed E-state index contributed by atoms with van der Waals surface area (Å²) in [7, 11) is 0. The highest BCUT2D eigenvalue weighted by Crippen LogP contribution is 2.29. The van der Waals surface area contributed by atoms with Gasteiger partial charge in [-0.3, -0.25) is 9.59 Å². The number of nitrogens with one attached hydrogen (secondary N) is 1. The van der Waals surface area contributed by atoms with Crippen molar-refractivity contribution in [2.24, 2.45) is 5.92 Å². The van der Waals surface area contributed by atoms with Crippen LogP contribution >= 0.6 is 0 Å². The molecule has 114 valence electrons. The summed E-state index contributed by atoms with van der Waals surface area (Å²) >= 11 is 0. The van der Waals surface area contributed by atoms with Crippen molar-refractivity contribution in [3.05, 3.63) is 0 Å². The zero-order valence-corrected chi connectivity index (χ0v) is 12.9. The Balaban J connectivity index is 2.02. The molecule has 0 bridgehead atoms. The molecule has 1 heterocycles. The highest BCUT2D eigenvalue weighted by Gasteiger charge is 2.41. The molecule has 0 aromatic heterocycles. The minimum absolute atomic E-state index is 0.0189. The summed E-state index contributed by atoms with van der Waals surface area (Å²) in [5.41, 5.74) is -0.663. The van der Waals surface area contributed by atoms with Crippen molar-refractivity contribution in [3.8, 4) is 0 Å². The molecule has 4 nitrogen and oxygen atoms in total. The predicted molar refractivity (Wildman–Crippen MR) is 79.2 cm³/mol. The van der Waals surface area contributed by atoms with Gasteiger partial charge in [0.25, 0.3) is 0 Å². The van der Waals surface area contributed by atoms with E-state index >= 15 is 0 Å². The van der Waals surface area contributed by atoms with Gasteiger partial charge in [0, 0.05) is 19.5 Å². The standard InChI is InChI=1S/C16H28N2O2/c1-3-16(4-2)15(20)18(12-10-14(19)17-16)11-9-13-7-5-6-8-13/h13H,3-12H2,1-2H3,(H,17,19). The summed E-state index contributed by atoms with van der Waals surface area (Å²) in [5.74, 6) is 0.934. The van der Waals surface area contributed by atoms with E-state index in [-0.39, 0.29) is 11.8 Å². The van der Waals surface area contributed by atoms with E-state index in [1.807, 2.05) is 18.7 Å². The number of hydrogen-bond donors (Lipinski definition) is 1. The molecule has 1 N–H and O–H groups in total. The van der Waals surface area contributed by atoms with Crippen LogP contribution in [0, 0.1) is 5.92 Å². The summed E-state index contributed by atoms with van der Waals surface area (Å²) in [6.45, 7) is 5.38. The van der Waals surface area contributed by atoms with Crippen LogP contribution < -0.4 is 5.32 Å². The Morgan fingerprint density at radius 1 is 1.20 bits per heavy atom. The zero-order chi connectivity index (χ0) is 14.6. The van der Waals surface area contributed by atoms with Gasteiger partial charge in [-0.25, -0.2) is 0 Å². The molecule has 0 radical (unpaired) electrons. The topological polar surface area (TPSA) is 49.4 Å². The second kappa shape index (κ2) is 6.59. The molecule has 0 unspecified atom stereocenters. The van der Waals surface area contributed by atoms with E-state index in [4.69, 9.17) is 0 Å². The van der Waals surface area contributed by atoms with Gasteiger partial charge in [0.1, 0.15) is 5.54 Å². The van der Waals surface area contributed by atoms with Crippen molar-refractivity contribution in [1.29, 1.82) is 0 Å². The molecule has 2 amide bonds. The maximum absolute atomic E-state index is 12.8. The minimum atomic E-state index is -0.663. The maximum atomic E-state index is 12.8. The second-order valence-corrected chi connectivity index (χ2v) is 6.32. The lowest BCUT2D eigenvalue weighted by Crippen LogP contribution is -2.56. The third kappa shape index (κ3) is 3.15. The number of rotatable bonds is 5. The third-order valence-corrected chi connectivity index (χ3v) is 5.17. The second-order valence-electron chi connectivity index (χ2n) is 6.32. The predicted octanol–water partition coefficient (Wildman–Crippen LogP) is 2.47. The normalized spacial score (nSPS) is 23.8. The lowest BCUT2D eigenvalue weighted by atomic mass is 9.91. The molecule has 1 saturated carbocycles. The highest BCUT2D eigenvalue weighted by molar-refractivity contribution is 5.93. The number of amides is 2. The zero-order valence-electron chi connectivity index (χ0n) is 12.9. The van der Waals surface area contributed by atoms with Crippen LogP contribution in [0.2, 0.25) is 0 Å². The average molecular weight is 280 g/mol. The largest absolute Gasteiger partial charge is 0.342 e. The van der Waals surface area contributed by atoms with Gasteiger partial charge < -0.3 is 10.2 Å². The van der Waals surface area contributed by atoms with Gasteiger partial charge in [-0.05, 0) is 25.2 Å². The Morgan fingerprint density at radius 2 is 1.85 bits per heavy atom. The molecule has 0 atom stereocenters. The molecule has 4 heteroatoms. The summed E-state index contributed by atoms with van der Waals surface area (Å²) in [6, 6.07) is 0. The van der Waals surface area contributed by atoms with Gasteiger partial charge >= 0.3 is 0 Å². The van der Waals surface area contributed by atoms with Crippen LogP contribution in [0.3, 0.4) is 0 Å². The summed E-state index contributed by atoms with van der Waals surface area (Å²) < 4.78 is 0. The Labute approximate surface area is 122 Å². The summed E-state index contributed by atoms with van der Waals surface area (Å²) in [5, 5.41) is 2.97. The Kier molecular flexibility index (Phi) is 5.06. The maximum Gasteiger partial charge on any atom is 0.248 e. The van der Waals surface area contributed by atoms with E-state index in [0.29, 0.717) is 25.8 Å². The lowest BCUT2D eigenvalue weighted by molar-refractivity contribution is -0.139. The molecular formula is C16H28N2O2. The molecule has 0 aromatic carbocycles. The molecule has 1 aliphatic heterocycles. The number of nitrogens with zero attached hydrogens (tertiary/aromatic N) is 1. The van der Waals surface area contributed by atoms with Gasteiger partial charge in [-0.15, -0.1) is 0 Å². The highest BCUT2D eigenvalue weighted by atomic mass is 16.2. The monoisotopic (exact) mass is 280 g/mol. The van der Waals surface area contributed by atoms with Crippen LogP contribution in [0.4, 0.5) is 0 Å². The van der Waals surface area contributed by atoms with E-state index < -0.39 is 5.54 Å². The van der Waals surface area contributed by atoms with Crippen LogP contribution in [0.15, 0.2) is 0 Å². The van der Waals surface area contributed by atoms with Crippen molar-refractivity contribution < 1.29 is 9.59 Å². The summed E-state index contributed by atoms with van der Waals surface area (Å²) in [6.07, 6.45) is 8.19. The molecule has 0 aromatic rings. The van der Waals surface area contributed by atoms with Crippen molar-refractivity contribution in [3.63, 3.8) is 0 Å². The molecule has 0 spiro atoms.